The van der Waals surface area contributed by atoms with Crippen LogP contribution in [-0.2, 0) is 14.8 Å². The minimum Gasteiger partial charge on any atom is -0.378 e. The fraction of sp³-hybridized carbons (Fsp3) is 0.200. The summed E-state index contributed by atoms with van der Waals surface area (Å²) in [5.41, 5.74) is 6.03. The molecule has 1 atom stereocenters. The fourth-order valence-electron chi connectivity index (χ4n) is 3.15. The molecule has 3 aromatic rings. The zero-order valence-corrected chi connectivity index (χ0v) is 19.7. The second kappa shape index (κ2) is 10.9. The Morgan fingerprint density at radius 1 is 0.970 bits per heavy atom. The van der Waals surface area contributed by atoms with Gasteiger partial charge in [0.25, 0.3) is 0 Å². The molecule has 0 radical (unpaired) electrons. The third-order valence-corrected chi connectivity index (χ3v) is 6.52. The summed E-state index contributed by atoms with van der Waals surface area (Å²) in [6.45, 7) is 1.89. The smallest absolute Gasteiger partial charge is 0.242 e. The molecular weight excluding hydrogens is 436 g/mol. The van der Waals surface area contributed by atoms with Crippen molar-refractivity contribution in [3.05, 3.63) is 95.6 Å². The first-order chi connectivity index (χ1) is 15.7. The monoisotopic (exact) mass is 464 g/mol. The Hall–Kier alpha value is -3.49. The number of carbonyl (C=O) groups excluding carboxylic acids is 1. The summed E-state index contributed by atoms with van der Waals surface area (Å²) in [5, 5.41) is 4.01. The summed E-state index contributed by atoms with van der Waals surface area (Å²) in [5.74, 6) is -0.406. The number of sulfonamides is 1. The fourth-order valence-corrected chi connectivity index (χ4v) is 4.38. The summed E-state index contributed by atoms with van der Waals surface area (Å²) in [7, 11) is 0.0987. The highest BCUT2D eigenvalue weighted by Gasteiger charge is 2.23. The third kappa shape index (κ3) is 7.00. The van der Waals surface area contributed by atoms with Crippen LogP contribution in [0.15, 0.2) is 88.9 Å². The van der Waals surface area contributed by atoms with Crippen molar-refractivity contribution in [2.24, 2.45) is 5.10 Å². The third-order valence-electron chi connectivity index (χ3n) is 5.03. The van der Waals surface area contributed by atoms with Gasteiger partial charge < -0.3 is 4.90 Å². The number of hydrogen-bond donors (Lipinski definition) is 2. The van der Waals surface area contributed by atoms with Crippen LogP contribution < -0.4 is 15.0 Å². The van der Waals surface area contributed by atoms with Crippen LogP contribution in [0.5, 0.6) is 0 Å². The predicted octanol–water partition coefficient (Wildman–Crippen LogP) is 3.62. The van der Waals surface area contributed by atoms with Gasteiger partial charge in [0.2, 0.25) is 15.9 Å². The van der Waals surface area contributed by atoms with Gasteiger partial charge in [-0.2, -0.15) is 5.10 Å². The van der Waals surface area contributed by atoms with Crippen molar-refractivity contribution in [2.45, 2.75) is 24.3 Å². The lowest BCUT2D eigenvalue weighted by Gasteiger charge is -2.18. The Labute approximate surface area is 195 Å². The van der Waals surface area contributed by atoms with Crippen molar-refractivity contribution in [1.29, 1.82) is 0 Å². The van der Waals surface area contributed by atoms with Gasteiger partial charge in [-0.3, -0.25) is 4.79 Å². The highest BCUT2D eigenvalue weighted by molar-refractivity contribution is 7.89. The molecule has 172 valence electrons. The van der Waals surface area contributed by atoms with Gasteiger partial charge in [0, 0.05) is 26.2 Å². The highest BCUT2D eigenvalue weighted by atomic mass is 32.2. The van der Waals surface area contributed by atoms with Crippen molar-refractivity contribution in [3.8, 4) is 0 Å². The van der Waals surface area contributed by atoms with E-state index in [0.29, 0.717) is 5.56 Å². The maximum Gasteiger partial charge on any atom is 0.242 e. The Morgan fingerprint density at radius 3 is 2.21 bits per heavy atom. The number of anilines is 1. The summed E-state index contributed by atoms with van der Waals surface area (Å²) in [4.78, 5) is 14.7. The Morgan fingerprint density at radius 2 is 1.61 bits per heavy atom. The van der Waals surface area contributed by atoms with Crippen molar-refractivity contribution in [3.63, 3.8) is 0 Å². The molecule has 7 nitrogen and oxygen atoms in total. The molecule has 0 unspecified atom stereocenters. The Balaban J connectivity index is 1.70. The Kier molecular flexibility index (Phi) is 7.97. The second-order valence-electron chi connectivity index (χ2n) is 7.88. The molecule has 0 aromatic heterocycles. The molecule has 1 amide bonds. The average molecular weight is 465 g/mol. The Bertz CT molecular complexity index is 1190. The van der Waals surface area contributed by atoms with Crippen LogP contribution in [-0.4, -0.2) is 34.6 Å². The number of nitrogens with one attached hydrogen (secondary N) is 2. The molecule has 0 aliphatic carbocycles. The first-order valence-corrected chi connectivity index (χ1v) is 12.0. The molecule has 3 rings (SSSR count). The van der Waals surface area contributed by atoms with Crippen molar-refractivity contribution < 1.29 is 13.2 Å². The van der Waals surface area contributed by atoms with E-state index < -0.39 is 22.0 Å². The maximum atomic E-state index is 12.9. The summed E-state index contributed by atoms with van der Waals surface area (Å²) < 4.78 is 28.5. The SMILES string of the molecule is Cc1ccc(S(=O)(=O)N[C@@H](CC(=O)N/N=C\c2ccc(N(C)C)cc2)c2ccccc2)cc1. The summed E-state index contributed by atoms with van der Waals surface area (Å²) in [6, 6.07) is 22.5. The number of nitrogens with zero attached hydrogens (tertiary/aromatic N) is 2. The van der Waals surface area contributed by atoms with E-state index in [1.807, 2.05) is 56.3 Å². The van der Waals surface area contributed by atoms with Crippen LogP contribution in [0.25, 0.3) is 0 Å². The largest absolute Gasteiger partial charge is 0.378 e. The maximum absolute atomic E-state index is 12.9. The van der Waals surface area contributed by atoms with Crippen LogP contribution in [0, 0.1) is 6.92 Å². The molecule has 2 N–H and O–H groups in total. The zero-order valence-electron chi connectivity index (χ0n) is 18.9. The highest BCUT2D eigenvalue weighted by Crippen LogP contribution is 2.21. The molecule has 0 bridgehead atoms. The molecule has 0 heterocycles. The molecular formula is C25H28N4O3S. The van der Waals surface area contributed by atoms with E-state index in [1.165, 1.54) is 0 Å². The van der Waals surface area contributed by atoms with Gasteiger partial charge >= 0.3 is 0 Å². The van der Waals surface area contributed by atoms with Crippen LogP contribution in [0.4, 0.5) is 5.69 Å². The van der Waals surface area contributed by atoms with Gasteiger partial charge in [-0.1, -0.05) is 60.2 Å². The van der Waals surface area contributed by atoms with E-state index in [2.05, 4.69) is 15.2 Å². The standard InChI is InChI=1S/C25H28N4O3S/c1-19-9-15-23(16-10-19)33(31,32)28-24(21-7-5-4-6-8-21)17-25(30)27-26-18-20-11-13-22(14-12-20)29(2)3/h4-16,18,24,28H,17H2,1-3H3,(H,27,30)/b26-18-/t24-/m0/s1. The molecule has 33 heavy (non-hydrogen) atoms. The van der Waals surface area contributed by atoms with Gasteiger partial charge in [0.1, 0.15) is 0 Å². The minimum atomic E-state index is -3.82. The first kappa shape index (κ1) is 24.2. The molecule has 0 aliphatic heterocycles. The molecule has 0 aliphatic rings. The van der Waals surface area contributed by atoms with Crippen molar-refractivity contribution >= 4 is 27.8 Å². The van der Waals surface area contributed by atoms with Crippen molar-refractivity contribution in [1.82, 2.24) is 10.1 Å². The van der Waals surface area contributed by atoms with E-state index in [-0.39, 0.29) is 11.3 Å². The molecule has 3 aromatic carbocycles. The quantitative estimate of drug-likeness (QED) is 0.374. The topological polar surface area (TPSA) is 90.9 Å². The lowest BCUT2D eigenvalue weighted by atomic mass is 10.0. The minimum absolute atomic E-state index is 0.105. The number of hydrogen-bond acceptors (Lipinski definition) is 5. The van der Waals surface area contributed by atoms with Crippen LogP contribution in [0.2, 0.25) is 0 Å². The van der Waals surface area contributed by atoms with E-state index in [0.717, 1.165) is 16.8 Å². The number of hydrazone groups is 1. The number of benzene rings is 3. The van der Waals surface area contributed by atoms with Crippen LogP contribution in [0.3, 0.4) is 0 Å². The molecule has 8 heteroatoms. The number of carbonyl (C=O) groups is 1. The van der Waals surface area contributed by atoms with E-state index in [4.69, 9.17) is 0 Å². The summed E-state index contributed by atoms with van der Waals surface area (Å²) >= 11 is 0. The van der Waals surface area contributed by atoms with Gasteiger partial charge in [-0.05, 0) is 42.3 Å². The van der Waals surface area contributed by atoms with Gasteiger partial charge in [0.15, 0.2) is 0 Å². The number of aryl methyl sites for hydroxylation is 1. The number of amides is 1. The van der Waals surface area contributed by atoms with Crippen molar-refractivity contribution in [2.75, 3.05) is 19.0 Å². The van der Waals surface area contributed by atoms with E-state index in [9.17, 15) is 13.2 Å². The number of rotatable bonds is 9. The van der Waals surface area contributed by atoms with Gasteiger partial charge in [-0.25, -0.2) is 18.6 Å². The normalized spacial score (nSPS) is 12.5. The zero-order chi connectivity index (χ0) is 23.8. The summed E-state index contributed by atoms with van der Waals surface area (Å²) in [6.07, 6.45) is 1.44. The van der Waals surface area contributed by atoms with Crippen LogP contribution in [0.1, 0.15) is 29.2 Å². The van der Waals surface area contributed by atoms with Gasteiger partial charge in [-0.15, -0.1) is 0 Å². The second-order valence-corrected chi connectivity index (χ2v) is 9.59. The van der Waals surface area contributed by atoms with Crippen LogP contribution >= 0.6 is 0 Å². The lowest BCUT2D eigenvalue weighted by molar-refractivity contribution is -0.121. The molecule has 0 spiro atoms. The predicted molar refractivity (Wildman–Crippen MR) is 132 cm³/mol. The molecule has 0 saturated carbocycles. The van der Waals surface area contributed by atoms with E-state index in [1.54, 1.807) is 54.7 Å². The average Bonchev–Trinajstić information content (AvgIpc) is 2.80. The lowest BCUT2D eigenvalue weighted by Crippen LogP contribution is -2.32. The first-order valence-electron chi connectivity index (χ1n) is 10.5. The van der Waals surface area contributed by atoms with E-state index >= 15 is 0 Å². The molecule has 0 saturated heterocycles. The van der Waals surface area contributed by atoms with Gasteiger partial charge in [0.05, 0.1) is 17.2 Å². The molecule has 0 fully saturated rings.